The van der Waals surface area contributed by atoms with E-state index in [9.17, 15) is 4.79 Å². The maximum atomic E-state index is 11.1. The first-order valence-electron chi connectivity index (χ1n) is 8.62. The van der Waals surface area contributed by atoms with Crippen LogP contribution in [0, 0.1) is 5.92 Å². The lowest BCUT2D eigenvalue weighted by atomic mass is 9.95. The van der Waals surface area contributed by atoms with Gasteiger partial charge >= 0.3 is 0 Å². The fourth-order valence-electron chi connectivity index (χ4n) is 3.27. The molecule has 24 heavy (non-hydrogen) atoms. The number of nitrogens with one attached hydrogen (secondary N) is 1. The molecule has 2 atom stereocenters. The number of hydrogen-bond donors (Lipinski definition) is 2. The summed E-state index contributed by atoms with van der Waals surface area (Å²) in [4.78, 5) is 17.6. The molecule has 0 aromatic carbocycles. The number of amides is 1. The van der Waals surface area contributed by atoms with E-state index in [2.05, 4.69) is 15.2 Å². The number of halogens is 1. The van der Waals surface area contributed by atoms with Crippen molar-refractivity contribution in [2.45, 2.75) is 38.2 Å². The minimum absolute atomic E-state index is 0. The Morgan fingerprint density at radius 2 is 2.25 bits per heavy atom. The number of aliphatic imine (C=N–C) groups is 1. The molecule has 2 fully saturated rings. The number of nitrogens with zero attached hydrogens (tertiary/aromatic N) is 2. The highest BCUT2D eigenvalue weighted by atomic mass is 127. The Kier molecular flexibility index (Phi) is 10.6. The molecule has 0 aliphatic carbocycles. The lowest BCUT2D eigenvalue weighted by Crippen LogP contribution is -2.47. The summed E-state index contributed by atoms with van der Waals surface area (Å²) in [6.07, 6.45) is 5.09. The number of piperidine rings is 1. The number of ether oxygens (including phenoxy) is 2. The molecule has 0 bridgehead atoms. The van der Waals surface area contributed by atoms with Gasteiger partial charge in [-0.15, -0.1) is 24.0 Å². The normalized spacial score (nSPS) is 24.5. The fourth-order valence-corrected chi connectivity index (χ4v) is 3.27. The van der Waals surface area contributed by atoms with Gasteiger partial charge in [0.2, 0.25) is 5.91 Å². The Bertz CT molecular complexity index is 403. The summed E-state index contributed by atoms with van der Waals surface area (Å²) in [7, 11) is 1.78. The lowest BCUT2D eigenvalue weighted by molar-refractivity contribution is -0.119. The van der Waals surface area contributed by atoms with Crippen molar-refractivity contribution in [3.63, 3.8) is 0 Å². The molecule has 0 spiro atoms. The van der Waals surface area contributed by atoms with Crippen LogP contribution in [0.25, 0.3) is 0 Å². The number of carbonyl (C=O) groups excluding carboxylic acids is 1. The van der Waals surface area contributed by atoms with Gasteiger partial charge in [-0.25, -0.2) is 0 Å². The van der Waals surface area contributed by atoms with Gasteiger partial charge in [0, 0.05) is 39.7 Å². The quantitative estimate of drug-likeness (QED) is 0.259. The first kappa shape index (κ1) is 21.4. The van der Waals surface area contributed by atoms with Crippen LogP contribution < -0.4 is 11.1 Å². The maximum absolute atomic E-state index is 11.1. The van der Waals surface area contributed by atoms with Crippen molar-refractivity contribution in [1.82, 2.24) is 10.2 Å². The molecule has 7 nitrogen and oxygen atoms in total. The summed E-state index contributed by atoms with van der Waals surface area (Å²) in [5.74, 6) is 0.984. The zero-order valence-corrected chi connectivity index (χ0v) is 16.9. The molecule has 0 aromatic rings. The van der Waals surface area contributed by atoms with Crippen LogP contribution in [0.3, 0.4) is 0 Å². The highest BCUT2D eigenvalue weighted by Crippen LogP contribution is 2.19. The lowest BCUT2D eigenvalue weighted by Gasteiger charge is -2.34. The van der Waals surface area contributed by atoms with Gasteiger partial charge in [-0.05, 0) is 31.6 Å². The summed E-state index contributed by atoms with van der Waals surface area (Å²) in [5.41, 5.74) is 5.31. The summed E-state index contributed by atoms with van der Waals surface area (Å²) >= 11 is 0. The fraction of sp³-hybridized carbons (Fsp3) is 0.875. The highest BCUT2D eigenvalue weighted by molar-refractivity contribution is 14.0. The molecule has 2 rings (SSSR count). The van der Waals surface area contributed by atoms with Crippen molar-refractivity contribution in [2.24, 2.45) is 16.6 Å². The maximum Gasteiger partial charge on any atom is 0.217 e. The van der Waals surface area contributed by atoms with Gasteiger partial charge in [-0.3, -0.25) is 9.79 Å². The third-order valence-electron chi connectivity index (χ3n) is 4.38. The van der Waals surface area contributed by atoms with Crippen LogP contribution in [0.4, 0.5) is 0 Å². The molecule has 2 heterocycles. The molecule has 140 valence electrons. The van der Waals surface area contributed by atoms with E-state index in [1.807, 2.05) is 0 Å². The van der Waals surface area contributed by atoms with Gasteiger partial charge in [0.1, 0.15) is 0 Å². The number of guanidine groups is 1. The van der Waals surface area contributed by atoms with Crippen LogP contribution in [0.2, 0.25) is 0 Å². The monoisotopic (exact) mass is 454 g/mol. The zero-order chi connectivity index (χ0) is 16.5. The molecule has 2 aliphatic rings. The van der Waals surface area contributed by atoms with Gasteiger partial charge in [0.05, 0.1) is 19.3 Å². The predicted octanol–water partition coefficient (Wildman–Crippen LogP) is 0.963. The van der Waals surface area contributed by atoms with Crippen LogP contribution in [0.5, 0.6) is 0 Å². The summed E-state index contributed by atoms with van der Waals surface area (Å²) in [5, 5.41) is 3.33. The second kappa shape index (κ2) is 11.9. The van der Waals surface area contributed by atoms with E-state index in [1.54, 1.807) is 7.05 Å². The topological polar surface area (TPSA) is 89.2 Å². The Balaban J connectivity index is 0.00000288. The molecule has 3 N–H and O–H groups in total. The number of nitrogens with two attached hydrogens (primary N) is 1. The number of primary amides is 1. The van der Waals surface area contributed by atoms with E-state index in [0.29, 0.717) is 25.6 Å². The molecule has 2 saturated heterocycles. The molecule has 1 amide bonds. The molecule has 2 aliphatic heterocycles. The second-order valence-corrected chi connectivity index (χ2v) is 6.31. The first-order chi connectivity index (χ1) is 11.2. The number of likely N-dealkylation sites (tertiary alicyclic amines) is 1. The molecular weight excluding hydrogens is 423 g/mol. The van der Waals surface area contributed by atoms with Crippen molar-refractivity contribution >= 4 is 35.8 Å². The average Bonchev–Trinajstić information content (AvgIpc) is 3.04. The standard InChI is InChI=1S/C16H30N4O3.HI/c1-18-16(19-6-9-22-12-14-5-3-8-23-14)20-7-2-4-13(11-20)10-15(17)21;/h13-14H,2-12H2,1H3,(H2,17,21)(H,18,19);1H. The summed E-state index contributed by atoms with van der Waals surface area (Å²) < 4.78 is 11.2. The van der Waals surface area contributed by atoms with Crippen LogP contribution in [-0.2, 0) is 14.3 Å². The number of rotatable bonds is 7. The Labute approximate surface area is 161 Å². The van der Waals surface area contributed by atoms with E-state index in [4.69, 9.17) is 15.2 Å². The predicted molar refractivity (Wildman–Crippen MR) is 105 cm³/mol. The second-order valence-electron chi connectivity index (χ2n) is 6.31. The van der Waals surface area contributed by atoms with Crippen LogP contribution in [-0.4, -0.2) is 69.4 Å². The molecule has 0 saturated carbocycles. The Morgan fingerprint density at radius 3 is 2.92 bits per heavy atom. The van der Waals surface area contributed by atoms with Gasteiger partial charge in [-0.1, -0.05) is 0 Å². The SMILES string of the molecule is CN=C(NCCOCC1CCCO1)N1CCCC(CC(N)=O)C1.I. The Hall–Kier alpha value is -0.610. The van der Waals surface area contributed by atoms with Gasteiger partial charge in [0.25, 0.3) is 0 Å². The number of hydrogen-bond acceptors (Lipinski definition) is 4. The molecule has 0 radical (unpaired) electrons. The minimum atomic E-state index is -0.220. The van der Waals surface area contributed by atoms with Crippen molar-refractivity contribution in [3.8, 4) is 0 Å². The van der Waals surface area contributed by atoms with E-state index >= 15 is 0 Å². The van der Waals surface area contributed by atoms with Crippen LogP contribution >= 0.6 is 24.0 Å². The molecule has 0 aromatic heterocycles. The van der Waals surface area contributed by atoms with E-state index in [0.717, 1.165) is 57.9 Å². The summed E-state index contributed by atoms with van der Waals surface area (Å²) in [6.45, 7) is 4.68. The van der Waals surface area contributed by atoms with E-state index < -0.39 is 0 Å². The van der Waals surface area contributed by atoms with Crippen LogP contribution in [0.15, 0.2) is 4.99 Å². The molecule has 8 heteroatoms. The average molecular weight is 454 g/mol. The van der Waals surface area contributed by atoms with Crippen molar-refractivity contribution in [3.05, 3.63) is 0 Å². The first-order valence-corrected chi connectivity index (χ1v) is 8.62. The Morgan fingerprint density at radius 1 is 1.42 bits per heavy atom. The smallest absolute Gasteiger partial charge is 0.217 e. The van der Waals surface area contributed by atoms with Gasteiger partial charge < -0.3 is 25.4 Å². The van der Waals surface area contributed by atoms with Crippen molar-refractivity contribution in [1.29, 1.82) is 0 Å². The molecule has 2 unspecified atom stereocenters. The zero-order valence-electron chi connectivity index (χ0n) is 14.5. The minimum Gasteiger partial charge on any atom is -0.377 e. The third kappa shape index (κ3) is 7.52. The van der Waals surface area contributed by atoms with Gasteiger partial charge in [0.15, 0.2) is 5.96 Å². The number of carbonyl (C=O) groups is 1. The van der Waals surface area contributed by atoms with Crippen molar-refractivity contribution in [2.75, 3.05) is 46.5 Å². The third-order valence-corrected chi connectivity index (χ3v) is 4.38. The van der Waals surface area contributed by atoms with Crippen molar-refractivity contribution < 1.29 is 14.3 Å². The van der Waals surface area contributed by atoms with Gasteiger partial charge in [-0.2, -0.15) is 0 Å². The molecular formula is C16H31IN4O3. The highest BCUT2D eigenvalue weighted by Gasteiger charge is 2.23. The summed E-state index contributed by atoms with van der Waals surface area (Å²) in [6, 6.07) is 0. The van der Waals surface area contributed by atoms with E-state index in [-0.39, 0.29) is 36.0 Å². The van der Waals surface area contributed by atoms with Crippen LogP contribution in [0.1, 0.15) is 32.1 Å². The largest absolute Gasteiger partial charge is 0.377 e. The van der Waals surface area contributed by atoms with E-state index in [1.165, 1.54) is 0 Å².